The standard InChI is InChI=1S/C27H35N4O7P/c1-17(2)15-21(25(33)30-22(24(32)28-3)16-18-9-5-4-6-10-18)29-23(39(36,37)38)13-14-31-26(34)19-11-7-8-12-20(19)27(31)35/h4-12,17,21-23,29H,13-16H2,1-3H3,(H,28,32)(H,30,33)(H2,36,37,38)/t21-,22?,23-/m0/s1. The van der Waals surface area contributed by atoms with Crippen LogP contribution in [0.5, 0.6) is 0 Å². The molecule has 0 radical (unpaired) electrons. The first kappa shape index (κ1) is 30.2. The van der Waals surface area contributed by atoms with E-state index in [1.54, 1.807) is 12.1 Å². The van der Waals surface area contributed by atoms with Gasteiger partial charge >= 0.3 is 7.60 Å². The maximum Gasteiger partial charge on any atom is 0.342 e. The molecule has 0 bridgehead atoms. The average Bonchev–Trinajstić information content (AvgIpc) is 3.13. The first-order chi connectivity index (χ1) is 18.4. The Balaban J connectivity index is 1.75. The molecule has 0 aromatic heterocycles. The second kappa shape index (κ2) is 13.1. The van der Waals surface area contributed by atoms with E-state index in [2.05, 4.69) is 16.0 Å². The molecule has 3 rings (SSSR count). The van der Waals surface area contributed by atoms with Crippen molar-refractivity contribution in [2.24, 2.45) is 5.92 Å². The van der Waals surface area contributed by atoms with Crippen molar-refractivity contribution in [3.05, 3.63) is 71.3 Å². The molecule has 0 fully saturated rings. The molecule has 0 spiro atoms. The number of likely N-dealkylation sites (N-methyl/N-ethyl adjacent to an activating group) is 1. The van der Waals surface area contributed by atoms with E-state index in [9.17, 15) is 33.5 Å². The number of imide groups is 1. The molecule has 210 valence electrons. The number of rotatable bonds is 13. The normalized spacial score (nSPS) is 15.6. The summed E-state index contributed by atoms with van der Waals surface area (Å²) in [5, 5.41) is 8.02. The number of amides is 4. The third kappa shape index (κ3) is 7.83. The molecule has 1 unspecified atom stereocenters. The Kier molecular flexibility index (Phi) is 10.2. The maximum absolute atomic E-state index is 13.4. The number of hydrogen-bond acceptors (Lipinski definition) is 6. The van der Waals surface area contributed by atoms with Gasteiger partial charge in [0.05, 0.1) is 17.2 Å². The van der Waals surface area contributed by atoms with Crippen LogP contribution >= 0.6 is 7.60 Å². The number of carbonyl (C=O) groups excluding carboxylic acids is 4. The van der Waals surface area contributed by atoms with Crippen LogP contribution in [0.15, 0.2) is 54.6 Å². The molecular weight excluding hydrogens is 523 g/mol. The van der Waals surface area contributed by atoms with Gasteiger partial charge in [-0.05, 0) is 36.5 Å². The van der Waals surface area contributed by atoms with E-state index < -0.39 is 49.1 Å². The van der Waals surface area contributed by atoms with E-state index in [1.807, 2.05) is 44.2 Å². The van der Waals surface area contributed by atoms with Crippen LogP contribution in [0, 0.1) is 5.92 Å². The maximum atomic E-state index is 13.4. The highest BCUT2D eigenvalue weighted by atomic mass is 31.2. The van der Waals surface area contributed by atoms with E-state index in [-0.39, 0.29) is 42.9 Å². The highest BCUT2D eigenvalue weighted by molar-refractivity contribution is 7.52. The van der Waals surface area contributed by atoms with Crippen molar-refractivity contribution in [2.45, 2.75) is 51.0 Å². The van der Waals surface area contributed by atoms with Gasteiger partial charge < -0.3 is 20.4 Å². The molecule has 1 aliphatic rings. The summed E-state index contributed by atoms with van der Waals surface area (Å²) < 4.78 is 12.4. The van der Waals surface area contributed by atoms with Crippen molar-refractivity contribution in [2.75, 3.05) is 13.6 Å². The lowest BCUT2D eigenvalue weighted by Gasteiger charge is -2.29. The Labute approximate surface area is 227 Å². The fourth-order valence-electron chi connectivity index (χ4n) is 4.50. The van der Waals surface area contributed by atoms with Crippen molar-refractivity contribution < 1.29 is 33.5 Å². The zero-order valence-corrected chi connectivity index (χ0v) is 23.1. The van der Waals surface area contributed by atoms with Gasteiger partial charge in [-0.25, -0.2) is 0 Å². The van der Waals surface area contributed by atoms with Gasteiger partial charge in [-0.2, -0.15) is 0 Å². The minimum Gasteiger partial charge on any atom is -0.357 e. The summed E-state index contributed by atoms with van der Waals surface area (Å²) in [6.07, 6.45) is 0.171. The predicted molar refractivity (Wildman–Crippen MR) is 145 cm³/mol. The van der Waals surface area contributed by atoms with Crippen LogP contribution in [0.2, 0.25) is 0 Å². The summed E-state index contributed by atoms with van der Waals surface area (Å²) in [6, 6.07) is 13.5. The Morgan fingerprint density at radius 3 is 1.97 bits per heavy atom. The zero-order chi connectivity index (χ0) is 28.7. The largest absolute Gasteiger partial charge is 0.357 e. The van der Waals surface area contributed by atoms with E-state index in [1.165, 1.54) is 19.2 Å². The topological polar surface area (TPSA) is 165 Å². The molecule has 3 atom stereocenters. The number of nitrogens with zero attached hydrogens (tertiary/aromatic N) is 1. The van der Waals surface area contributed by atoms with Gasteiger partial charge in [0.15, 0.2) is 0 Å². The van der Waals surface area contributed by atoms with Gasteiger partial charge in [0.1, 0.15) is 11.8 Å². The molecule has 11 nitrogen and oxygen atoms in total. The molecule has 0 saturated heterocycles. The van der Waals surface area contributed by atoms with E-state index in [4.69, 9.17) is 0 Å². The monoisotopic (exact) mass is 558 g/mol. The second-order valence-electron chi connectivity index (χ2n) is 9.92. The molecule has 0 aliphatic carbocycles. The van der Waals surface area contributed by atoms with Crippen LogP contribution < -0.4 is 16.0 Å². The minimum atomic E-state index is -4.82. The van der Waals surface area contributed by atoms with Crippen molar-refractivity contribution in [1.82, 2.24) is 20.9 Å². The molecule has 39 heavy (non-hydrogen) atoms. The number of nitrogens with one attached hydrogen (secondary N) is 3. The number of fused-ring (bicyclic) bond motifs is 1. The second-order valence-corrected chi connectivity index (χ2v) is 11.7. The van der Waals surface area contributed by atoms with Crippen molar-refractivity contribution in [3.8, 4) is 0 Å². The van der Waals surface area contributed by atoms with E-state index in [0.29, 0.717) is 0 Å². The summed E-state index contributed by atoms with van der Waals surface area (Å²) >= 11 is 0. The van der Waals surface area contributed by atoms with Crippen LogP contribution in [-0.4, -0.2) is 69.8 Å². The van der Waals surface area contributed by atoms with Crippen LogP contribution in [-0.2, 0) is 20.6 Å². The third-order valence-electron chi connectivity index (χ3n) is 6.49. The molecule has 4 amide bonds. The first-order valence-electron chi connectivity index (χ1n) is 12.7. The molecular formula is C27H35N4O7P. The molecule has 5 N–H and O–H groups in total. The summed E-state index contributed by atoms with van der Waals surface area (Å²) in [6.45, 7) is 3.46. The van der Waals surface area contributed by atoms with Gasteiger partial charge in [0, 0.05) is 20.0 Å². The minimum absolute atomic E-state index is 0.0329. The predicted octanol–water partition coefficient (Wildman–Crippen LogP) is 1.65. The van der Waals surface area contributed by atoms with E-state index >= 15 is 0 Å². The van der Waals surface area contributed by atoms with Gasteiger partial charge in [-0.3, -0.25) is 34.0 Å². The van der Waals surface area contributed by atoms with Crippen molar-refractivity contribution in [3.63, 3.8) is 0 Å². The van der Waals surface area contributed by atoms with Crippen LogP contribution in [0.3, 0.4) is 0 Å². The SMILES string of the molecule is CNC(=O)C(Cc1ccccc1)NC(=O)[C@H](CC(C)C)N[C@H](CCN1C(=O)c2ccccc2C1=O)P(=O)(O)O. The summed E-state index contributed by atoms with van der Waals surface area (Å²) in [4.78, 5) is 72.4. The van der Waals surface area contributed by atoms with Gasteiger partial charge in [-0.1, -0.05) is 56.3 Å². The molecule has 12 heteroatoms. The average molecular weight is 559 g/mol. The Morgan fingerprint density at radius 1 is 0.897 bits per heavy atom. The van der Waals surface area contributed by atoms with Gasteiger partial charge in [-0.15, -0.1) is 0 Å². The summed E-state index contributed by atoms with van der Waals surface area (Å²) in [7, 11) is -3.36. The third-order valence-corrected chi connectivity index (χ3v) is 7.71. The highest BCUT2D eigenvalue weighted by Crippen LogP contribution is 2.42. The number of hydrogen-bond donors (Lipinski definition) is 5. The Bertz CT molecular complexity index is 1210. The lowest BCUT2D eigenvalue weighted by molar-refractivity contribution is -0.130. The fourth-order valence-corrected chi connectivity index (χ4v) is 5.33. The van der Waals surface area contributed by atoms with Crippen LogP contribution in [0.25, 0.3) is 0 Å². The summed E-state index contributed by atoms with van der Waals surface area (Å²) in [5.74, 6) is -3.62. The smallest absolute Gasteiger partial charge is 0.342 e. The van der Waals surface area contributed by atoms with E-state index in [0.717, 1.165) is 10.5 Å². The molecule has 0 saturated carbocycles. The Morgan fingerprint density at radius 2 is 1.46 bits per heavy atom. The van der Waals surface area contributed by atoms with Crippen LogP contribution in [0.1, 0.15) is 53.0 Å². The van der Waals surface area contributed by atoms with Crippen molar-refractivity contribution in [1.29, 1.82) is 0 Å². The first-order valence-corrected chi connectivity index (χ1v) is 14.4. The zero-order valence-electron chi connectivity index (χ0n) is 22.2. The van der Waals surface area contributed by atoms with Gasteiger partial charge in [0.25, 0.3) is 11.8 Å². The Hall–Kier alpha value is -3.37. The van der Waals surface area contributed by atoms with Crippen LogP contribution in [0.4, 0.5) is 0 Å². The molecule has 1 aliphatic heterocycles. The van der Waals surface area contributed by atoms with Gasteiger partial charge in [0.2, 0.25) is 11.8 Å². The highest BCUT2D eigenvalue weighted by Gasteiger charge is 2.39. The quantitative estimate of drug-likeness (QED) is 0.183. The number of carbonyl (C=O) groups is 4. The van der Waals surface area contributed by atoms with Crippen molar-refractivity contribution >= 4 is 31.2 Å². The molecule has 2 aromatic carbocycles. The lowest BCUT2D eigenvalue weighted by atomic mass is 10.0. The molecule has 1 heterocycles. The summed E-state index contributed by atoms with van der Waals surface area (Å²) in [5.41, 5.74) is 1.30. The fraction of sp³-hybridized carbons (Fsp3) is 0.407. The molecule has 2 aromatic rings. The lowest BCUT2D eigenvalue weighted by Crippen LogP contribution is -2.55. The number of benzene rings is 2.